The highest BCUT2D eigenvalue weighted by Gasteiger charge is 2.54. The molecule has 0 radical (unpaired) electrons. The molecule has 0 aromatic heterocycles. The smallest absolute Gasteiger partial charge is 0.252 e. The molecule has 2 saturated carbocycles. The fourth-order valence-corrected chi connectivity index (χ4v) is 9.12. The normalized spacial score (nSPS) is 27.2. The minimum absolute atomic E-state index is 0. The number of amides is 1. The van der Waals surface area contributed by atoms with E-state index in [9.17, 15) is 19.8 Å². The van der Waals surface area contributed by atoms with Crippen molar-refractivity contribution in [1.29, 1.82) is 0 Å². The van der Waals surface area contributed by atoms with Gasteiger partial charge < -0.3 is 26.4 Å². The first-order chi connectivity index (χ1) is 22.8. The molecule has 3 unspecified atom stereocenters. The van der Waals surface area contributed by atoms with Gasteiger partial charge in [-0.25, -0.2) is 0 Å². The van der Waals surface area contributed by atoms with E-state index in [1.54, 1.807) is 6.07 Å². The summed E-state index contributed by atoms with van der Waals surface area (Å²) in [4.78, 5) is 29.7. The summed E-state index contributed by atoms with van der Waals surface area (Å²) in [6.45, 7) is 5.39. The Morgan fingerprint density at radius 2 is 1.71 bits per heavy atom. The Hall–Kier alpha value is -3.62. The number of piperidine rings is 1. The molecule has 8 heteroatoms. The number of Topliss-reactive ketones (excluding diaryl/α,β-unsaturated/α-hetero) is 1. The molecule has 2 aliphatic heterocycles. The molecule has 1 aromatic rings. The Kier molecular flexibility index (Phi) is 9.78. The summed E-state index contributed by atoms with van der Waals surface area (Å²) in [5.41, 5.74) is 16.7. The maximum absolute atomic E-state index is 14.5. The Labute approximate surface area is 285 Å². The minimum atomic E-state index is -0.643. The zero-order valence-corrected chi connectivity index (χ0v) is 27.8. The first-order valence-electron chi connectivity index (χ1n) is 17.8. The van der Waals surface area contributed by atoms with Crippen molar-refractivity contribution in [2.45, 2.75) is 85.0 Å². The highest BCUT2D eigenvalue weighted by Crippen LogP contribution is 2.59. The monoisotopic (exact) mass is 655 g/mol. The molecule has 5 aliphatic carbocycles. The number of allylic oxidation sites excluding steroid dienone is 7. The summed E-state index contributed by atoms with van der Waals surface area (Å²) in [6, 6.07) is 3.66. The van der Waals surface area contributed by atoms with Gasteiger partial charge in [0.15, 0.2) is 5.78 Å². The number of benzene rings is 1. The minimum Gasteiger partial charge on any atom is -0.511 e. The average Bonchev–Trinajstić information content (AvgIpc) is 3.82. The molecule has 3 fully saturated rings. The van der Waals surface area contributed by atoms with E-state index in [2.05, 4.69) is 29.7 Å². The number of rotatable bonds is 7. The van der Waals surface area contributed by atoms with Gasteiger partial charge in [0.25, 0.3) is 5.91 Å². The molecular weight excluding hydrogens is 602 g/mol. The third kappa shape index (κ3) is 5.75. The topological polar surface area (TPSA) is 139 Å². The number of nitrogens with two attached hydrogens (primary N) is 2. The van der Waals surface area contributed by atoms with Crippen LogP contribution in [0.25, 0.3) is 5.57 Å². The number of phenols is 1. The summed E-state index contributed by atoms with van der Waals surface area (Å²) in [7, 11) is 1.50. The highest BCUT2D eigenvalue weighted by molar-refractivity contribution is 6.14. The molecule has 1 saturated heterocycles. The molecule has 6 N–H and O–H groups in total. The number of carbonyl (C=O) groups is 2. The zero-order chi connectivity index (χ0) is 33.0. The van der Waals surface area contributed by atoms with Crippen LogP contribution in [0.1, 0.15) is 100 Å². The lowest BCUT2D eigenvalue weighted by Crippen LogP contribution is -2.38. The van der Waals surface area contributed by atoms with Crippen LogP contribution in [-0.2, 0) is 16.0 Å². The number of phenolic OH excluding ortho intramolecular Hbond substituents is 1. The molecule has 1 amide bonds. The molecule has 3 atom stereocenters. The second kappa shape index (κ2) is 13.7. The van der Waals surface area contributed by atoms with Crippen LogP contribution >= 0.6 is 0 Å². The van der Waals surface area contributed by atoms with Crippen LogP contribution in [0, 0.1) is 29.6 Å². The van der Waals surface area contributed by atoms with Gasteiger partial charge >= 0.3 is 0 Å². The summed E-state index contributed by atoms with van der Waals surface area (Å²) in [5, 5.41) is 22.3. The van der Waals surface area contributed by atoms with Crippen LogP contribution in [0.5, 0.6) is 5.75 Å². The van der Waals surface area contributed by atoms with Gasteiger partial charge in [-0.1, -0.05) is 44.1 Å². The maximum Gasteiger partial charge on any atom is 0.252 e. The SMILES string of the molecule is C.C/C=C(\C=C(\CN1CCCCC1)C1CC1)c1ccc(O)c2c1CC1CC3CC(O)=C(C(N)=O)C4=C(C5CCC5)OC(=C1C2=O)C43.CN. The van der Waals surface area contributed by atoms with Gasteiger partial charge in [-0.3, -0.25) is 14.5 Å². The van der Waals surface area contributed by atoms with E-state index in [1.807, 2.05) is 6.07 Å². The lowest BCUT2D eigenvalue weighted by Gasteiger charge is -2.41. The summed E-state index contributed by atoms with van der Waals surface area (Å²) < 4.78 is 6.64. The number of likely N-dealkylation sites (tertiary alicyclic amines) is 1. The highest BCUT2D eigenvalue weighted by atomic mass is 16.5. The van der Waals surface area contributed by atoms with E-state index < -0.39 is 5.91 Å². The average molecular weight is 656 g/mol. The van der Waals surface area contributed by atoms with Crippen molar-refractivity contribution in [3.8, 4) is 5.75 Å². The third-order valence-corrected chi connectivity index (χ3v) is 11.7. The second-order valence-corrected chi connectivity index (χ2v) is 14.4. The molecule has 7 aliphatic rings. The fraction of sp³-hybridized carbons (Fsp3) is 0.550. The molecule has 8 rings (SSSR count). The second-order valence-electron chi connectivity index (χ2n) is 14.4. The Morgan fingerprint density at radius 3 is 2.33 bits per heavy atom. The van der Waals surface area contributed by atoms with Gasteiger partial charge in [-0.15, -0.1) is 0 Å². The molecule has 0 bridgehead atoms. The number of aliphatic hydroxyl groups is 1. The van der Waals surface area contributed by atoms with Gasteiger partial charge in [0, 0.05) is 30.0 Å². The van der Waals surface area contributed by atoms with E-state index in [1.165, 1.54) is 44.7 Å². The van der Waals surface area contributed by atoms with E-state index in [0.29, 0.717) is 47.6 Å². The van der Waals surface area contributed by atoms with Crippen molar-refractivity contribution >= 4 is 17.3 Å². The molecule has 48 heavy (non-hydrogen) atoms. The van der Waals surface area contributed by atoms with Crippen molar-refractivity contribution in [2.75, 3.05) is 26.7 Å². The molecular formula is C40H53N3O5. The first kappa shape index (κ1) is 34.3. The predicted molar refractivity (Wildman–Crippen MR) is 189 cm³/mol. The van der Waals surface area contributed by atoms with Crippen LogP contribution in [0.3, 0.4) is 0 Å². The van der Waals surface area contributed by atoms with Crippen LogP contribution in [0.2, 0.25) is 0 Å². The molecule has 8 nitrogen and oxygen atoms in total. The Balaban J connectivity index is 0.00000131. The maximum atomic E-state index is 14.5. The summed E-state index contributed by atoms with van der Waals surface area (Å²) in [6.07, 6.45) is 15.5. The van der Waals surface area contributed by atoms with Gasteiger partial charge in [-0.05, 0) is 119 Å². The molecule has 0 spiro atoms. The zero-order valence-electron chi connectivity index (χ0n) is 27.8. The van der Waals surface area contributed by atoms with Crippen LogP contribution < -0.4 is 11.5 Å². The van der Waals surface area contributed by atoms with Crippen molar-refractivity contribution in [3.63, 3.8) is 0 Å². The van der Waals surface area contributed by atoms with Gasteiger partial charge in [0.05, 0.1) is 17.1 Å². The van der Waals surface area contributed by atoms with E-state index >= 15 is 0 Å². The van der Waals surface area contributed by atoms with Crippen molar-refractivity contribution in [1.82, 2.24) is 4.90 Å². The van der Waals surface area contributed by atoms with Crippen LogP contribution in [0.4, 0.5) is 0 Å². The quantitative estimate of drug-likeness (QED) is 0.235. The van der Waals surface area contributed by atoms with E-state index in [4.69, 9.17) is 10.5 Å². The summed E-state index contributed by atoms with van der Waals surface area (Å²) in [5.74, 6) is 1.06. The Bertz CT molecular complexity index is 1650. The Morgan fingerprint density at radius 1 is 0.979 bits per heavy atom. The number of carbonyl (C=O) groups excluding carboxylic acids is 2. The lowest BCUT2D eigenvalue weighted by atomic mass is 9.61. The van der Waals surface area contributed by atoms with Gasteiger partial charge in [0.2, 0.25) is 0 Å². The largest absolute Gasteiger partial charge is 0.511 e. The number of aromatic hydroxyl groups is 1. The first-order valence-corrected chi connectivity index (χ1v) is 17.8. The van der Waals surface area contributed by atoms with Crippen LogP contribution in [0.15, 0.2) is 63.9 Å². The number of hydrogen-bond donors (Lipinski definition) is 4. The number of hydrogen-bond acceptors (Lipinski definition) is 7. The molecule has 1 aromatic carbocycles. The standard InChI is InChI=1S/C38H44N2O5.CH5N.CH4/c1-2-20(15-25(21-9-10-21)19-40-13-4-3-5-14-40)26-11-12-28(41)32-27(26)17-23-16-24-18-29(42)33(38(39)44)34-30(24)37(31(23)35(32)43)45-36(34)22-7-6-8-22;1-2;/h2,11-12,15,21-24,30,41-42H,3-10,13-14,16-19H2,1H3,(H2,39,44);2H2,1H3;1H4/b20-2+,25-15-;;. The van der Waals surface area contributed by atoms with Gasteiger partial charge in [-0.2, -0.15) is 0 Å². The van der Waals surface area contributed by atoms with Crippen molar-refractivity contribution in [2.24, 2.45) is 41.1 Å². The summed E-state index contributed by atoms with van der Waals surface area (Å²) >= 11 is 0. The lowest BCUT2D eigenvalue weighted by molar-refractivity contribution is -0.114. The van der Waals surface area contributed by atoms with Crippen molar-refractivity contribution < 1.29 is 24.5 Å². The number of ketones is 1. The fourth-order valence-electron chi connectivity index (χ4n) is 9.12. The predicted octanol–water partition coefficient (Wildman–Crippen LogP) is 6.86. The number of nitrogens with zero attached hydrogens (tertiary/aromatic N) is 1. The van der Waals surface area contributed by atoms with Crippen molar-refractivity contribution in [3.05, 3.63) is 80.5 Å². The number of primary amides is 1. The number of fused-ring (bicyclic) bond motifs is 2. The van der Waals surface area contributed by atoms with E-state index in [0.717, 1.165) is 61.4 Å². The number of aliphatic hydroxyl groups excluding tert-OH is 1. The van der Waals surface area contributed by atoms with Crippen LogP contribution in [-0.4, -0.2) is 53.5 Å². The molecule has 258 valence electrons. The molecule has 2 heterocycles. The third-order valence-electron chi connectivity index (χ3n) is 11.7. The van der Waals surface area contributed by atoms with E-state index in [-0.39, 0.29) is 54.0 Å². The number of ether oxygens (including phenoxy) is 1. The van der Waals surface area contributed by atoms with Gasteiger partial charge in [0.1, 0.15) is 23.0 Å².